The number of hydrogen-bond donors (Lipinski definition) is 3. The topological polar surface area (TPSA) is 157 Å². The van der Waals surface area contributed by atoms with Gasteiger partial charge in [-0.15, -0.1) is 0 Å². The van der Waals surface area contributed by atoms with Crippen LogP contribution in [0.15, 0.2) is 47.4 Å². The minimum Gasteiger partial charge on any atom is -0.545 e. The van der Waals surface area contributed by atoms with E-state index in [1.807, 2.05) is 11.8 Å². The third-order valence-electron chi connectivity index (χ3n) is 5.61. The second-order valence-corrected chi connectivity index (χ2v) is 7.81. The quantitative estimate of drug-likeness (QED) is 0.456. The normalized spacial score (nSPS) is 13.1. The zero-order chi connectivity index (χ0) is 25.7. The highest BCUT2D eigenvalue weighted by Crippen LogP contribution is 2.25. The molecule has 0 atom stereocenters. The number of carboxylic acid groups (broad SMARTS) is 3. The lowest BCUT2D eigenvalue weighted by Crippen LogP contribution is -2.89. The van der Waals surface area contributed by atoms with Gasteiger partial charge in [0.15, 0.2) is 0 Å². The van der Waals surface area contributed by atoms with Crippen molar-refractivity contribution in [2.75, 3.05) is 31.1 Å². The number of halogens is 1. The lowest BCUT2D eigenvalue weighted by Gasteiger charge is -2.28. The molecule has 1 fully saturated rings. The molecule has 2 aromatic carbocycles. The first-order valence-electron chi connectivity index (χ1n) is 10.8. The van der Waals surface area contributed by atoms with Crippen molar-refractivity contribution in [3.63, 3.8) is 0 Å². The van der Waals surface area contributed by atoms with Gasteiger partial charge in [0.25, 0.3) is 0 Å². The molecule has 0 unspecified atom stereocenters. The molecule has 0 radical (unpaired) electrons. The first-order chi connectivity index (χ1) is 16.6. The molecule has 0 amide bonds. The molecule has 0 spiro atoms. The van der Waals surface area contributed by atoms with E-state index in [-0.39, 0.29) is 22.1 Å². The van der Waals surface area contributed by atoms with Crippen molar-refractivity contribution in [3.05, 3.63) is 75.3 Å². The molecule has 0 bridgehead atoms. The third-order valence-corrected chi connectivity index (χ3v) is 5.61. The number of aromatic carboxylic acids is 3. The van der Waals surface area contributed by atoms with Crippen LogP contribution in [0.25, 0.3) is 10.9 Å². The average molecular weight is 485 g/mol. The molecule has 2 heterocycles. The van der Waals surface area contributed by atoms with E-state index in [2.05, 4.69) is 5.32 Å². The number of piperazine rings is 1. The molecular weight excluding hydrogens is 461 g/mol. The van der Waals surface area contributed by atoms with E-state index < -0.39 is 29.2 Å². The van der Waals surface area contributed by atoms with Crippen molar-refractivity contribution in [3.8, 4) is 0 Å². The molecule has 1 saturated heterocycles. The lowest BCUT2D eigenvalue weighted by molar-refractivity contribution is -0.655. The fourth-order valence-corrected chi connectivity index (χ4v) is 3.83. The van der Waals surface area contributed by atoms with Crippen molar-refractivity contribution in [1.29, 1.82) is 0 Å². The first kappa shape index (κ1) is 25.4. The molecule has 0 aliphatic carbocycles. The Morgan fingerprint density at radius 3 is 2.29 bits per heavy atom. The van der Waals surface area contributed by atoms with E-state index >= 15 is 0 Å². The van der Waals surface area contributed by atoms with Crippen molar-refractivity contribution in [2.45, 2.75) is 13.5 Å². The van der Waals surface area contributed by atoms with E-state index in [4.69, 9.17) is 10.2 Å². The summed E-state index contributed by atoms with van der Waals surface area (Å²) >= 11 is 0. The monoisotopic (exact) mass is 485 g/mol. The zero-order valence-corrected chi connectivity index (χ0v) is 18.9. The van der Waals surface area contributed by atoms with E-state index in [0.29, 0.717) is 17.7 Å². The first-order valence-corrected chi connectivity index (χ1v) is 10.8. The summed E-state index contributed by atoms with van der Waals surface area (Å²) < 4.78 is 16.2. The Balaban J connectivity index is 0.000000241. The number of carbonyl (C=O) groups excluding carboxylic acids is 1. The zero-order valence-electron chi connectivity index (χ0n) is 18.9. The van der Waals surface area contributed by atoms with Gasteiger partial charge in [-0.1, -0.05) is 12.1 Å². The molecule has 3 aromatic rings. The summed E-state index contributed by atoms with van der Waals surface area (Å²) in [6.45, 7) is 5.63. The summed E-state index contributed by atoms with van der Waals surface area (Å²) in [7, 11) is 0. The second-order valence-electron chi connectivity index (χ2n) is 7.81. The van der Waals surface area contributed by atoms with Crippen LogP contribution < -0.4 is 20.8 Å². The molecule has 4 N–H and O–H groups in total. The number of benzene rings is 2. The van der Waals surface area contributed by atoms with Crippen LogP contribution >= 0.6 is 0 Å². The molecule has 35 heavy (non-hydrogen) atoms. The second kappa shape index (κ2) is 10.8. The van der Waals surface area contributed by atoms with Crippen LogP contribution in [0, 0.1) is 5.82 Å². The van der Waals surface area contributed by atoms with Crippen LogP contribution in [0.4, 0.5) is 10.1 Å². The van der Waals surface area contributed by atoms with Crippen LogP contribution in [-0.4, -0.2) is 58.9 Å². The Kier molecular flexibility index (Phi) is 7.82. The van der Waals surface area contributed by atoms with Crippen molar-refractivity contribution >= 4 is 34.5 Å². The number of pyridine rings is 1. The Bertz CT molecular complexity index is 1320. The molecule has 0 saturated carbocycles. The number of carboxylic acids is 3. The van der Waals surface area contributed by atoms with Gasteiger partial charge in [-0.3, -0.25) is 4.79 Å². The molecule has 1 aliphatic heterocycles. The number of carbonyl (C=O) groups is 3. The van der Waals surface area contributed by atoms with Crippen LogP contribution in [-0.2, 0) is 6.54 Å². The van der Waals surface area contributed by atoms with Gasteiger partial charge in [0.05, 0.1) is 48.9 Å². The van der Waals surface area contributed by atoms with Crippen molar-refractivity contribution in [2.24, 2.45) is 0 Å². The van der Waals surface area contributed by atoms with Crippen LogP contribution in [0.2, 0.25) is 0 Å². The Morgan fingerprint density at radius 2 is 1.71 bits per heavy atom. The van der Waals surface area contributed by atoms with Gasteiger partial charge in [-0.25, -0.2) is 14.0 Å². The van der Waals surface area contributed by atoms with Gasteiger partial charge in [-0.2, -0.15) is 0 Å². The highest BCUT2D eigenvalue weighted by molar-refractivity contribution is 5.94. The summed E-state index contributed by atoms with van der Waals surface area (Å²) in [5, 5.41) is 30.2. The van der Waals surface area contributed by atoms with E-state index in [1.165, 1.54) is 30.5 Å². The largest absolute Gasteiger partial charge is 0.545 e. The minimum atomic E-state index is -1.38. The summed E-state index contributed by atoms with van der Waals surface area (Å²) in [5.41, 5.74) is -0.135. The van der Waals surface area contributed by atoms with Crippen LogP contribution in [0.5, 0.6) is 0 Å². The number of rotatable bonds is 5. The standard InChI is InChI=1S/C16H18FN3O3.C8H6O4/c1-2-19-9-11(16(22)23)15(21)10-7-12(17)14(8-13(10)19)20-5-3-18-4-6-20;9-7(10)5-2-1-3-6(4-5)8(11)12/h7-9,18H,2-6H2,1H3,(H,22,23);1-4H,(H,9,10)(H,11,12). The molecule has 10 nitrogen and oxygen atoms in total. The molecular formula is C24H24FN3O7. The molecule has 1 aliphatic rings. The van der Waals surface area contributed by atoms with E-state index in [0.717, 1.165) is 32.2 Å². The SMILES string of the molecule is CCn1cc(C(=O)O)c(=O)c2cc(F)c(N3CC[NH2+]CC3)cc21.O=C([O-])c1cccc(C(=O)O)c1. The molecule has 11 heteroatoms. The maximum atomic E-state index is 14.5. The van der Waals surface area contributed by atoms with Gasteiger partial charge in [0.1, 0.15) is 11.4 Å². The summed E-state index contributed by atoms with van der Waals surface area (Å²) in [5.74, 6) is -4.31. The number of aromatic nitrogens is 1. The summed E-state index contributed by atoms with van der Waals surface area (Å²) in [6, 6.07) is 7.83. The van der Waals surface area contributed by atoms with Gasteiger partial charge in [0.2, 0.25) is 5.43 Å². The van der Waals surface area contributed by atoms with Crippen molar-refractivity contribution < 1.29 is 39.4 Å². The predicted octanol–water partition coefficient (Wildman–Crippen LogP) is -0.00960. The van der Waals surface area contributed by atoms with Gasteiger partial charge < -0.3 is 34.9 Å². The number of anilines is 1. The van der Waals surface area contributed by atoms with Gasteiger partial charge in [0, 0.05) is 18.1 Å². The van der Waals surface area contributed by atoms with Crippen LogP contribution in [0.3, 0.4) is 0 Å². The summed E-state index contributed by atoms with van der Waals surface area (Å²) in [6.07, 6.45) is 1.33. The Morgan fingerprint density at radius 1 is 1.06 bits per heavy atom. The number of nitrogens with zero attached hydrogens (tertiary/aromatic N) is 2. The lowest BCUT2D eigenvalue weighted by atomic mass is 10.1. The average Bonchev–Trinajstić information content (AvgIpc) is 2.85. The smallest absolute Gasteiger partial charge is 0.341 e. The van der Waals surface area contributed by atoms with Gasteiger partial charge in [-0.05, 0) is 36.8 Å². The number of fused-ring (bicyclic) bond motifs is 1. The predicted molar refractivity (Wildman–Crippen MR) is 122 cm³/mol. The molecule has 1 aromatic heterocycles. The number of aryl methyl sites for hydroxylation is 1. The van der Waals surface area contributed by atoms with Crippen LogP contribution in [0.1, 0.15) is 38.0 Å². The highest BCUT2D eigenvalue weighted by Gasteiger charge is 2.20. The summed E-state index contributed by atoms with van der Waals surface area (Å²) in [4.78, 5) is 46.1. The maximum absolute atomic E-state index is 14.5. The number of nitrogens with two attached hydrogens (primary N) is 1. The van der Waals surface area contributed by atoms with Gasteiger partial charge >= 0.3 is 11.9 Å². The maximum Gasteiger partial charge on any atom is 0.341 e. The number of quaternary nitrogens is 1. The van der Waals surface area contributed by atoms with E-state index in [1.54, 1.807) is 10.6 Å². The Labute approximate surface area is 198 Å². The minimum absolute atomic E-state index is 0.0586. The number of hydrogen-bond acceptors (Lipinski definition) is 6. The molecule has 184 valence electrons. The third kappa shape index (κ3) is 5.64. The fraction of sp³-hybridized carbons (Fsp3) is 0.250. The highest BCUT2D eigenvalue weighted by atomic mass is 19.1. The molecule has 4 rings (SSSR count). The Hall–Kier alpha value is -4.25. The van der Waals surface area contributed by atoms with Crippen molar-refractivity contribution in [1.82, 2.24) is 4.57 Å². The fourth-order valence-electron chi connectivity index (χ4n) is 3.83. The van der Waals surface area contributed by atoms with E-state index in [9.17, 15) is 28.7 Å².